The molecule has 0 fully saturated rings. The lowest BCUT2D eigenvalue weighted by Gasteiger charge is -2.19. The van der Waals surface area contributed by atoms with E-state index in [0.29, 0.717) is 24.4 Å². The van der Waals surface area contributed by atoms with Gasteiger partial charge in [-0.05, 0) is 24.8 Å². The number of nitrogens with one attached hydrogen (secondary N) is 1. The predicted octanol–water partition coefficient (Wildman–Crippen LogP) is 1.45. The van der Waals surface area contributed by atoms with Crippen LogP contribution in [-0.4, -0.2) is 29.1 Å². The summed E-state index contributed by atoms with van der Waals surface area (Å²) in [7, 11) is -7.75. The Morgan fingerprint density at radius 3 is 2.57 bits per heavy atom. The molecule has 10 heteroatoms. The van der Waals surface area contributed by atoms with Gasteiger partial charge in [-0.15, -0.1) is 12.4 Å². The molecule has 2 heterocycles. The third kappa shape index (κ3) is 4.69. The van der Waals surface area contributed by atoms with E-state index in [2.05, 4.69) is 5.32 Å². The van der Waals surface area contributed by atoms with Crippen molar-refractivity contribution in [2.24, 2.45) is 17.0 Å². The van der Waals surface area contributed by atoms with E-state index in [1.165, 1.54) is 6.07 Å². The summed E-state index contributed by atoms with van der Waals surface area (Å²) in [6, 6.07) is 0.960. The van der Waals surface area contributed by atoms with Crippen molar-refractivity contribution in [3.63, 3.8) is 0 Å². The number of rotatable bonds is 4. The van der Waals surface area contributed by atoms with Gasteiger partial charge in [-0.3, -0.25) is 0 Å². The van der Waals surface area contributed by atoms with E-state index >= 15 is 0 Å². The van der Waals surface area contributed by atoms with Crippen LogP contribution in [0.25, 0.3) is 0 Å². The molecule has 23 heavy (non-hydrogen) atoms. The lowest BCUT2D eigenvalue weighted by atomic mass is 9.98. The monoisotopic (exact) mass is 386 g/mol. The molecule has 1 aromatic rings. The van der Waals surface area contributed by atoms with Gasteiger partial charge in [-0.25, -0.2) is 22.0 Å². The highest BCUT2D eigenvalue weighted by Crippen LogP contribution is 2.36. The fourth-order valence-corrected chi connectivity index (χ4v) is 4.97. The fourth-order valence-electron chi connectivity index (χ4n) is 2.61. The Bertz CT molecular complexity index is 755. The normalized spacial score (nSPS) is 23.9. The molecule has 0 saturated heterocycles. The standard InChI is InChI=1S/C13H22N2O5S2.ClH/c1-8(2)6-15-11-4-9(3)7-21(16,17)13-10(11)5-12(20-13)22(14,18)19;/h5,8-9,11,15H,4,6-7H2,1-3H3,(H2,14,18,19);1H. The number of sulfonamides is 1. The Balaban J connectivity index is 0.00000264. The quantitative estimate of drug-likeness (QED) is 0.808. The first-order valence-electron chi connectivity index (χ1n) is 7.13. The minimum absolute atomic E-state index is 0. The van der Waals surface area contributed by atoms with Gasteiger partial charge in [0.2, 0.25) is 20.0 Å². The summed E-state index contributed by atoms with van der Waals surface area (Å²) in [6.45, 7) is 6.62. The first-order valence-corrected chi connectivity index (χ1v) is 10.3. The molecule has 1 aromatic heterocycles. The maximum Gasteiger partial charge on any atom is 0.271 e. The first kappa shape index (κ1) is 20.4. The molecule has 0 amide bonds. The predicted molar refractivity (Wildman–Crippen MR) is 88.7 cm³/mol. The smallest absolute Gasteiger partial charge is 0.271 e. The van der Waals surface area contributed by atoms with Crippen molar-refractivity contribution >= 4 is 32.3 Å². The van der Waals surface area contributed by atoms with Crippen molar-refractivity contribution < 1.29 is 21.3 Å². The second-order valence-corrected chi connectivity index (χ2v) is 9.76. The largest absolute Gasteiger partial charge is 0.431 e. The van der Waals surface area contributed by atoms with Crippen LogP contribution in [0.2, 0.25) is 0 Å². The summed E-state index contributed by atoms with van der Waals surface area (Å²) >= 11 is 0. The van der Waals surface area contributed by atoms with Crippen LogP contribution in [0.4, 0.5) is 0 Å². The van der Waals surface area contributed by atoms with Crippen molar-refractivity contribution in [2.45, 2.75) is 43.4 Å². The van der Waals surface area contributed by atoms with Crippen LogP contribution in [0.15, 0.2) is 20.7 Å². The van der Waals surface area contributed by atoms with Gasteiger partial charge in [0.1, 0.15) is 0 Å². The summed E-state index contributed by atoms with van der Waals surface area (Å²) < 4.78 is 52.8. The van der Waals surface area contributed by atoms with Gasteiger partial charge in [-0.2, -0.15) is 0 Å². The van der Waals surface area contributed by atoms with Gasteiger partial charge >= 0.3 is 0 Å². The Morgan fingerprint density at radius 1 is 1.43 bits per heavy atom. The highest BCUT2D eigenvalue weighted by molar-refractivity contribution is 7.91. The summed E-state index contributed by atoms with van der Waals surface area (Å²) in [5.74, 6) is 0.246. The summed E-state index contributed by atoms with van der Waals surface area (Å²) in [6.07, 6.45) is 0.586. The zero-order chi connectivity index (χ0) is 16.7. The highest BCUT2D eigenvalue weighted by Gasteiger charge is 2.36. The maximum absolute atomic E-state index is 12.4. The Labute approximate surface area is 143 Å². The van der Waals surface area contributed by atoms with E-state index in [4.69, 9.17) is 9.56 Å². The van der Waals surface area contributed by atoms with Gasteiger partial charge in [0.05, 0.1) is 5.75 Å². The molecular formula is C13H23ClN2O5S2. The number of furan rings is 1. The average molecular weight is 387 g/mol. The van der Waals surface area contributed by atoms with Crippen molar-refractivity contribution in [2.75, 3.05) is 12.3 Å². The van der Waals surface area contributed by atoms with E-state index < -0.39 is 25.0 Å². The molecule has 0 aromatic carbocycles. The molecule has 2 unspecified atom stereocenters. The molecule has 1 aliphatic heterocycles. The van der Waals surface area contributed by atoms with Crippen LogP contribution in [0.1, 0.15) is 38.8 Å². The van der Waals surface area contributed by atoms with Crippen molar-refractivity contribution in [3.05, 3.63) is 11.6 Å². The Hall–Kier alpha value is -0.610. The lowest BCUT2D eigenvalue weighted by molar-refractivity contribution is 0.360. The zero-order valence-electron chi connectivity index (χ0n) is 13.3. The molecule has 3 N–H and O–H groups in total. The van der Waals surface area contributed by atoms with Crippen LogP contribution >= 0.6 is 12.4 Å². The lowest BCUT2D eigenvalue weighted by Crippen LogP contribution is -2.26. The van der Waals surface area contributed by atoms with Gasteiger partial charge in [0.25, 0.3) is 10.0 Å². The van der Waals surface area contributed by atoms with E-state index in [1.807, 2.05) is 20.8 Å². The molecule has 2 atom stereocenters. The molecule has 0 radical (unpaired) electrons. The molecule has 0 spiro atoms. The molecule has 7 nitrogen and oxygen atoms in total. The van der Waals surface area contributed by atoms with Crippen LogP contribution < -0.4 is 10.5 Å². The molecular weight excluding hydrogens is 364 g/mol. The summed E-state index contributed by atoms with van der Waals surface area (Å²) in [4.78, 5) is 0. The number of hydrogen-bond donors (Lipinski definition) is 2. The minimum atomic E-state index is -4.09. The second-order valence-electron chi connectivity index (χ2n) is 6.33. The van der Waals surface area contributed by atoms with Gasteiger partial charge in [0, 0.05) is 17.7 Å². The minimum Gasteiger partial charge on any atom is -0.431 e. The van der Waals surface area contributed by atoms with Crippen LogP contribution in [-0.2, 0) is 19.9 Å². The maximum atomic E-state index is 12.4. The third-order valence-electron chi connectivity index (χ3n) is 3.56. The third-order valence-corrected chi connectivity index (χ3v) is 6.21. The first-order chi connectivity index (χ1) is 10.0. The second kappa shape index (κ2) is 7.10. The van der Waals surface area contributed by atoms with Crippen molar-refractivity contribution in [1.29, 1.82) is 0 Å². The number of fused-ring (bicyclic) bond motifs is 1. The number of halogens is 1. The molecule has 134 valence electrons. The van der Waals surface area contributed by atoms with Crippen LogP contribution in [0.5, 0.6) is 0 Å². The molecule has 0 bridgehead atoms. The van der Waals surface area contributed by atoms with E-state index in [-0.39, 0.29) is 35.2 Å². The topological polar surface area (TPSA) is 119 Å². The van der Waals surface area contributed by atoms with Gasteiger partial charge in [-0.1, -0.05) is 20.8 Å². The van der Waals surface area contributed by atoms with Gasteiger partial charge < -0.3 is 9.73 Å². The molecule has 2 rings (SSSR count). The number of primary sulfonamides is 1. The van der Waals surface area contributed by atoms with Crippen molar-refractivity contribution in [3.8, 4) is 0 Å². The van der Waals surface area contributed by atoms with E-state index in [0.717, 1.165) is 0 Å². The summed E-state index contributed by atoms with van der Waals surface area (Å²) in [5.41, 5.74) is 0.356. The number of sulfone groups is 1. The molecule has 0 aliphatic carbocycles. The zero-order valence-corrected chi connectivity index (χ0v) is 15.7. The van der Waals surface area contributed by atoms with Gasteiger partial charge in [0.15, 0.2) is 0 Å². The Morgan fingerprint density at radius 2 is 2.04 bits per heavy atom. The number of nitrogens with two attached hydrogens (primary N) is 1. The van der Waals surface area contributed by atoms with E-state index in [1.54, 1.807) is 0 Å². The van der Waals surface area contributed by atoms with E-state index in [9.17, 15) is 16.8 Å². The average Bonchev–Trinajstić information content (AvgIpc) is 2.75. The van der Waals surface area contributed by atoms with Crippen LogP contribution in [0.3, 0.4) is 0 Å². The highest BCUT2D eigenvalue weighted by atomic mass is 35.5. The molecule has 0 saturated carbocycles. The SMILES string of the molecule is CC(C)CNC1CC(C)CS(=O)(=O)c2oc(S(N)(=O)=O)cc21.Cl. The Kier molecular flexibility index (Phi) is 6.31. The van der Waals surface area contributed by atoms with Crippen molar-refractivity contribution in [1.82, 2.24) is 5.32 Å². The number of hydrogen-bond acceptors (Lipinski definition) is 6. The molecule has 1 aliphatic rings. The van der Waals surface area contributed by atoms with Crippen LogP contribution in [0, 0.1) is 11.8 Å². The summed E-state index contributed by atoms with van der Waals surface area (Å²) in [5, 5.41) is 7.56. The fraction of sp³-hybridized carbons (Fsp3) is 0.692.